The molecule has 0 saturated heterocycles. The van der Waals surface area contributed by atoms with Gasteiger partial charge in [-0.2, -0.15) is 12.7 Å². The van der Waals surface area contributed by atoms with E-state index in [2.05, 4.69) is 17.7 Å². The second-order valence-corrected chi connectivity index (χ2v) is 6.40. The van der Waals surface area contributed by atoms with Crippen molar-refractivity contribution in [2.75, 3.05) is 27.7 Å². The van der Waals surface area contributed by atoms with Gasteiger partial charge in [-0.1, -0.05) is 19.1 Å². The maximum absolute atomic E-state index is 11.5. The van der Waals surface area contributed by atoms with E-state index in [0.717, 1.165) is 23.3 Å². The van der Waals surface area contributed by atoms with Gasteiger partial charge in [-0.15, -0.1) is 0 Å². The van der Waals surface area contributed by atoms with Gasteiger partial charge in [0, 0.05) is 20.6 Å². The van der Waals surface area contributed by atoms with Crippen LogP contribution in [0.4, 0.5) is 0 Å². The molecule has 0 bridgehead atoms. The van der Waals surface area contributed by atoms with Gasteiger partial charge in [0.2, 0.25) is 0 Å². The van der Waals surface area contributed by atoms with E-state index in [1.165, 1.54) is 18.4 Å². The van der Waals surface area contributed by atoms with E-state index in [4.69, 9.17) is 4.74 Å². The van der Waals surface area contributed by atoms with Crippen LogP contribution in [0.5, 0.6) is 5.75 Å². The van der Waals surface area contributed by atoms with Gasteiger partial charge in [-0.25, -0.2) is 4.72 Å². The first-order valence-electron chi connectivity index (χ1n) is 6.23. The third kappa shape index (κ3) is 4.49. The molecule has 0 aliphatic heterocycles. The molecule has 0 radical (unpaired) electrons. The minimum atomic E-state index is -3.34. The van der Waals surface area contributed by atoms with Crippen LogP contribution in [0.1, 0.15) is 18.1 Å². The highest BCUT2D eigenvalue weighted by Crippen LogP contribution is 2.20. The minimum Gasteiger partial charge on any atom is -0.496 e. The molecular weight excluding hydrogens is 264 g/mol. The van der Waals surface area contributed by atoms with E-state index < -0.39 is 10.2 Å². The number of rotatable bonds is 7. The summed E-state index contributed by atoms with van der Waals surface area (Å²) < 4.78 is 32.0. The van der Waals surface area contributed by atoms with Crippen molar-refractivity contribution in [3.05, 3.63) is 29.3 Å². The quantitative estimate of drug-likeness (QED) is 0.819. The topological polar surface area (TPSA) is 58.6 Å². The summed E-state index contributed by atoms with van der Waals surface area (Å²) in [5, 5.41) is 0. The molecule has 6 heteroatoms. The summed E-state index contributed by atoms with van der Waals surface area (Å²) >= 11 is 0. The highest BCUT2D eigenvalue weighted by molar-refractivity contribution is 7.87. The fourth-order valence-corrected chi connectivity index (χ4v) is 2.34. The molecule has 0 aromatic heterocycles. The molecule has 1 rings (SSSR count). The summed E-state index contributed by atoms with van der Waals surface area (Å²) in [6, 6.07) is 5.94. The highest BCUT2D eigenvalue weighted by Gasteiger charge is 2.11. The number of hydrogen-bond acceptors (Lipinski definition) is 3. The lowest BCUT2D eigenvalue weighted by Gasteiger charge is -2.13. The van der Waals surface area contributed by atoms with Crippen molar-refractivity contribution >= 4 is 10.2 Å². The molecule has 5 nitrogen and oxygen atoms in total. The predicted molar refractivity (Wildman–Crippen MR) is 76.7 cm³/mol. The van der Waals surface area contributed by atoms with Crippen molar-refractivity contribution in [2.45, 2.75) is 19.8 Å². The lowest BCUT2D eigenvalue weighted by atomic mass is 10.1. The third-order valence-electron chi connectivity index (χ3n) is 2.90. The Bertz CT molecular complexity index is 513. The van der Waals surface area contributed by atoms with E-state index in [1.54, 1.807) is 7.11 Å². The summed E-state index contributed by atoms with van der Waals surface area (Å²) in [4.78, 5) is 0. The summed E-state index contributed by atoms with van der Waals surface area (Å²) in [5.74, 6) is 0.875. The summed E-state index contributed by atoms with van der Waals surface area (Å²) in [6.07, 6.45) is 1.55. The number of methoxy groups -OCH3 is 1. The van der Waals surface area contributed by atoms with Crippen molar-refractivity contribution < 1.29 is 13.2 Å². The standard InChI is InChI=1S/C13H22N2O3S/c1-5-12-10-11(6-7-13(12)18-4)8-9-14-19(16,17)15(2)3/h6-7,10,14H,5,8-9H2,1-4H3. The largest absolute Gasteiger partial charge is 0.496 e. The molecule has 0 aliphatic rings. The predicted octanol–water partition coefficient (Wildman–Crippen LogP) is 1.20. The van der Waals surface area contributed by atoms with E-state index in [0.29, 0.717) is 13.0 Å². The zero-order valence-corrected chi connectivity index (χ0v) is 12.8. The van der Waals surface area contributed by atoms with Crippen LogP contribution in [-0.4, -0.2) is 40.5 Å². The van der Waals surface area contributed by atoms with E-state index in [1.807, 2.05) is 12.1 Å². The Balaban J connectivity index is 2.64. The van der Waals surface area contributed by atoms with Crippen LogP contribution in [0.15, 0.2) is 18.2 Å². The molecule has 0 heterocycles. The highest BCUT2D eigenvalue weighted by atomic mass is 32.2. The first kappa shape index (κ1) is 15.9. The number of nitrogens with one attached hydrogen (secondary N) is 1. The van der Waals surface area contributed by atoms with Gasteiger partial charge in [0.25, 0.3) is 10.2 Å². The normalized spacial score (nSPS) is 11.8. The molecule has 0 spiro atoms. The van der Waals surface area contributed by atoms with Gasteiger partial charge in [-0.05, 0) is 30.0 Å². The Hall–Kier alpha value is -1.11. The van der Waals surface area contributed by atoms with Crippen molar-refractivity contribution in [3.8, 4) is 5.75 Å². The monoisotopic (exact) mass is 286 g/mol. The van der Waals surface area contributed by atoms with Gasteiger partial charge in [0.1, 0.15) is 5.75 Å². The van der Waals surface area contributed by atoms with Crippen LogP contribution in [0.3, 0.4) is 0 Å². The first-order chi connectivity index (χ1) is 8.90. The van der Waals surface area contributed by atoms with Gasteiger partial charge >= 0.3 is 0 Å². The van der Waals surface area contributed by atoms with Crippen molar-refractivity contribution in [3.63, 3.8) is 0 Å². The molecule has 19 heavy (non-hydrogen) atoms. The lowest BCUT2D eigenvalue weighted by Crippen LogP contribution is -2.36. The fourth-order valence-electron chi connectivity index (χ4n) is 1.72. The summed E-state index contributed by atoms with van der Waals surface area (Å²) in [7, 11) is 1.32. The molecule has 0 aliphatic carbocycles. The van der Waals surface area contributed by atoms with Crippen LogP contribution >= 0.6 is 0 Å². The summed E-state index contributed by atoms with van der Waals surface area (Å²) in [6.45, 7) is 2.45. The average Bonchev–Trinajstić information content (AvgIpc) is 2.38. The third-order valence-corrected chi connectivity index (χ3v) is 4.43. The van der Waals surface area contributed by atoms with E-state index in [9.17, 15) is 8.42 Å². The molecule has 0 atom stereocenters. The van der Waals surface area contributed by atoms with Crippen LogP contribution in [-0.2, 0) is 23.1 Å². The number of benzene rings is 1. The maximum Gasteiger partial charge on any atom is 0.278 e. The van der Waals surface area contributed by atoms with Gasteiger partial charge in [-0.3, -0.25) is 0 Å². The molecular formula is C13H22N2O3S. The molecule has 0 amide bonds. The zero-order chi connectivity index (χ0) is 14.5. The Morgan fingerprint density at radius 3 is 2.53 bits per heavy atom. The molecule has 1 aromatic carbocycles. The number of hydrogen-bond donors (Lipinski definition) is 1. The molecule has 108 valence electrons. The molecule has 1 N–H and O–H groups in total. The van der Waals surface area contributed by atoms with E-state index in [-0.39, 0.29) is 0 Å². The van der Waals surface area contributed by atoms with Gasteiger partial charge < -0.3 is 4.74 Å². The molecule has 0 saturated carbocycles. The van der Waals surface area contributed by atoms with Crippen LogP contribution in [0, 0.1) is 0 Å². The van der Waals surface area contributed by atoms with E-state index >= 15 is 0 Å². The minimum absolute atomic E-state index is 0.385. The van der Waals surface area contributed by atoms with Crippen LogP contribution in [0.25, 0.3) is 0 Å². The van der Waals surface area contributed by atoms with Gasteiger partial charge in [0.15, 0.2) is 0 Å². The molecule has 0 fully saturated rings. The first-order valence-corrected chi connectivity index (χ1v) is 7.67. The second kappa shape index (κ2) is 6.88. The SMILES string of the molecule is CCc1cc(CCNS(=O)(=O)N(C)C)ccc1OC. The lowest BCUT2D eigenvalue weighted by molar-refractivity contribution is 0.410. The number of ether oxygens (including phenoxy) is 1. The number of nitrogens with zero attached hydrogens (tertiary/aromatic N) is 1. The molecule has 0 unspecified atom stereocenters. The van der Waals surface area contributed by atoms with Crippen molar-refractivity contribution in [1.29, 1.82) is 0 Å². The fraction of sp³-hybridized carbons (Fsp3) is 0.538. The Kier molecular flexibility index (Phi) is 5.78. The second-order valence-electron chi connectivity index (χ2n) is 4.43. The van der Waals surface area contributed by atoms with Crippen molar-refractivity contribution in [2.24, 2.45) is 0 Å². The van der Waals surface area contributed by atoms with Crippen LogP contribution in [0.2, 0.25) is 0 Å². The zero-order valence-electron chi connectivity index (χ0n) is 11.9. The molecule has 1 aromatic rings. The Labute approximate surface area is 115 Å². The Morgan fingerprint density at radius 2 is 2.00 bits per heavy atom. The summed E-state index contributed by atoms with van der Waals surface area (Å²) in [5.41, 5.74) is 2.23. The van der Waals surface area contributed by atoms with Gasteiger partial charge in [0.05, 0.1) is 7.11 Å². The Morgan fingerprint density at radius 1 is 1.32 bits per heavy atom. The number of aryl methyl sites for hydroxylation is 1. The van der Waals surface area contributed by atoms with Crippen molar-refractivity contribution in [1.82, 2.24) is 9.03 Å². The smallest absolute Gasteiger partial charge is 0.278 e. The maximum atomic E-state index is 11.5. The van der Waals surface area contributed by atoms with Crippen LogP contribution < -0.4 is 9.46 Å². The average molecular weight is 286 g/mol.